The van der Waals surface area contributed by atoms with E-state index >= 15 is 0 Å². The maximum atomic E-state index is 13.3. The highest BCUT2D eigenvalue weighted by atomic mass is 32.2. The first-order chi connectivity index (χ1) is 12.1. The van der Waals surface area contributed by atoms with E-state index in [2.05, 4.69) is 4.72 Å². The first-order valence-electron chi connectivity index (χ1n) is 8.31. The number of anilines is 2. The molecule has 5 nitrogen and oxygen atoms in total. The Kier molecular flexibility index (Phi) is 4.52. The van der Waals surface area contributed by atoms with Crippen LogP contribution in [0.4, 0.5) is 15.8 Å². The summed E-state index contributed by atoms with van der Waals surface area (Å²) in [5, 5.41) is 0. The Morgan fingerprint density at radius 2 is 1.88 bits per heavy atom. The van der Waals surface area contributed by atoms with E-state index in [4.69, 9.17) is 0 Å². The molecule has 0 unspecified atom stereocenters. The third-order valence-electron chi connectivity index (χ3n) is 4.23. The van der Waals surface area contributed by atoms with Gasteiger partial charge in [0.1, 0.15) is 5.82 Å². The molecule has 138 valence electrons. The van der Waals surface area contributed by atoms with E-state index in [-0.39, 0.29) is 10.8 Å². The van der Waals surface area contributed by atoms with Crippen LogP contribution in [0.2, 0.25) is 0 Å². The average Bonchev–Trinajstić information content (AvgIpc) is 2.96. The van der Waals surface area contributed by atoms with Gasteiger partial charge >= 0.3 is 0 Å². The lowest BCUT2D eigenvalue weighted by molar-refractivity contribution is -0.125. The minimum Gasteiger partial charge on any atom is -0.311 e. The molecular formula is C19H21FN2O3S. The Labute approximate surface area is 152 Å². The van der Waals surface area contributed by atoms with Crippen molar-refractivity contribution >= 4 is 27.3 Å². The molecule has 0 saturated carbocycles. The Morgan fingerprint density at radius 1 is 1.15 bits per heavy atom. The fourth-order valence-corrected chi connectivity index (χ4v) is 3.99. The number of sulfonamides is 1. The van der Waals surface area contributed by atoms with Gasteiger partial charge in [-0.2, -0.15) is 0 Å². The lowest BCUT2D eigenvalue weighted by Gasteiger charge is -2.26. The van der Waals surface area contributed by atoms with Crippen molar-refractivity contribution in [2.24, 2.45) is 5.41 Å². The average molecular weight is 376 g/mol. The van der Waals surface area contributed by atoms with Gasteiger partial charge in [0.2, 0.25) is 5.91 Å². The summed E-state index contributed by atoms with van der Waals surface area (Å²) >= 11 is 0. The maximum absolute atomic E-state index is 13.3. The molecule has 7 heteroatoms. The third kappa shape index (κ3) is 3.58. The van der Waals surface area contributed by atoms with Crippen molar-refractivity contribution in [2.75, 3.05) is 16.2 Å². The molecule has 2 aromatic rings. The van der Waals surface area contributed by atoms with Gasteiger partial charge in [0.25, 0.3) is 10.0 Å². The van der Waals surface area contributed by atoms with Crippen molar-refractivity contribution in [1.82, 2.24) is 0 Å². The van der Waals surface area contributed by atoms with Crippen LogP contribution in [0.25, 0.3) is 0 Å². The van der Waals surface area contributed by atoms with E-state index in [1.807, 2.05) is 26.8 Å². The van der Waals surface area contributed by atoms with Gasteiger partial charge in [-0.15, -0.1) is 0 Å². The highest BCUT2D eigenvalue weighted by Crippen LogP contribution is 2.34. The monoisotopic (exact) mass is 376 g/mol. The molecule has 0 aromatic heterocycles. The second kappa shape index (κ2) is 6.39. The fraction of sp³-hybridized carbons (Fsp3) is 0.316. The standard InChI is InChI=1S/C19H21FN2O3S/c1-19(2,3)18(23)22-10-9-13-7-8-15(12-17(13)22)21-26(24,25)16-6-4-5-14(20)11-16/h4-8,11-12,21H,9-10H2,1-3H3. The first-order valence-corrected chi connectivity index (χ1v) is 9.79. The van der Waals surface area contributed by atoms with Crippen LogP contribution in [0.15, 0.2) is 47.4 Å². The lowest BCUT2D eigenvalue weighted by atomic mass is 9.94. The molecule has 2 aromatic carbocycles. The maximum Gasteiger partial charge on any atom is 0.261 e. The SMILES string of the molecule is CC(C)(C)C(=O)N1CCc2ccc(NS(=O)(=O)c3cccc(F)c3)cc21. The number of rotatable bonds is 3. The Bertz CT molecular complexity index is 965. The molecule has 0 bridgehead atoms. The normalized spacial score (nSPS) is 14.2. The molecule has 1 amide bonds. The van der Waals surface area contributed by atoms with E-state index in [0.717, 1.165) is 18.1 Å². The van der Waals surface area contributed by atoms with Gasteiger partial charge in [0.15, 0.2) is 0 Å². The van der Waals surface area contributed by atoms with Crippen molar-refractivity contribution in [3.05, 3.63) is 53.8 Å². The number of amides is 1. The van der Waals surface area contributed by atoms with Crippen LogP contribution in [0.5, 0.6) is 0 Å². The summed E-state index contributed by atoms with van der Waals surface area (Å²) in [4.78, 5) is 14.2. The van der Waals surface area contributed by atoms with Crippen LogP contribution in [0, 0.1) is 11.2 Å². The van der Waals surface area contributed by atoms with Crippen molar-refractivity contribution in [3.63, 3.8) is 0 Å². The predicted octanol–water partition coefficient (Wildman–Crippen LogP) is 3.56. The van der Waals surface area contributed by atoms with Crippen LogP contribution in [0.3, 0.4) is 0 Å². The van der Waals surface area contributed by atoms with Gasteiger partial charge in [-0.05, 0) is 42.3 Å². The summed E-state index contributed by atoms with van der Waals surface area (Å²) in [6.07, 6.45) is 0.730. The molecule has 26 heavy (non-hydrogen) atoms. The zero-order valence-electron chi connectivity index (χ0n) is 14.9. The predicted molar refractivity (Wildman–Crippen MR) is 99.2 cm³/mol. The number of fused-ring (bicyclic) bond motifs is 1. The molecule has 0 fully saturated rings. The Morgan fingerprint density at radius 3 is 2.54 bits per heavy atom. The zero-order chi connectivity index (χ0) is 19.1. The molecule has 0 aliphatic carbocycles. The number of carbonyl (C=O) groups is 1. The molecule has 1 aliphatic rings. The van der Waals surface area contributed by atoms with E-state index < -0.39 is 21.3 Å². The highest BCUT2D eigenvalue weighted by molar-refractivity contribution is 7.92. The molecule has 1 N–H and O–H groups in total. The number of hydrogen-bond donors (Lipinski definition) is 1. The van der Waals surface area contributed by atoms with E-state index in [9.17, 15) is 17.6 Å². The van der Waals surface area contributed by atoms with Crippen LogP contribution < -0.4 is 9.62 Å². The molecule has 1 aliphatic heterocycles. The van der Waals surface area contributed by atoms with Gasteiger partial charge < -0.3 is 4.90 Å². The summed E-state index contributed by atoms with van der Waals surface area (Å²) in [6, 6.07) is 9.94. The number of nitrogens with zero attached hydrogens (tertiary/aromatic N) is 1. The van der Waals surface area contributed by atoms with E-state index in [0.29, 0.717) is 17.9 Å². The van der Waals surface area contributed by atoms with Crippen molar-refractivity contribution in [1.29, 1.82) is 0 Å². The van der Waals surface area contributed by atoms with Crippen LogP contribution in [0.1, 0.15) is 26.3 Å². The van der Waals surface area contributed by atoms with E-state index in [1.165, 1.54) is 18.2 Å². The molecule has 3 rings (SSSR count). The fourth-order valence-electron chi connectivity index (χ4n) is 2.91. The number of nitrogens with one attached hydrogen (secondary N) is 1. The topological polar surface area (TPSA) is 66.5 Å². The number of hydrogen-bond acceptors (Lipinski definition) is 3. The van der Waals surface area contributed by atoms with Gasteiger partial charge in [-0.1, -0.05) is 32.9 Å². The number of carbonyl (C=O) groups excluding carboxylic acids is 1. The Hall–Kier alpha value is -2.41. The van der Waals surface area contributed by atoms with Gasteiger partial charge in [-0.25, -0.2) is 12.8 Å². The minimum atomic E-state index is -3.91. The van der Waals surface area contributed by atoms with Crippen LogP contribution >= 0.6 is 0 Å². The van der Waals surface area contributed by atoms with Crippen molar-refractivity contribution < 1.29 is 17.6 Å². The minimum absolute atomic E-state index is 0.0126. The molecule has 1 heterocycles. The van der Waals surface area contributed by atoms with E-state index in [1.54, 1.807) is 17.0 Å². The summed E-state index contributed by atoms with van der Waals surface area (Å²) < 4.78 is 40.7. The van der Waals surface area contributed by atoms with Gasteiger partial charge in [-0.3, -0.25) is 9.52 Å². The molecule has 0 saturated heterocycles. The smallest absolute Gasteiger partial charge is 0.261 e. The summed E-state index contributed by atoms with van der Waals surface area (Å²) in [6.45, 7) is 6.13. The molecule has 0 spiro atoms. The quantitative estimate of drug-likeness (QED) is 0.891. The summed E-state index contributed by atoms with van der Waals surface area (Å²) in [7, 11) is -3.91. The highest BCUT2D eigenvalue weighted by Gasteiger charge is 2.32. The van der Waals surface area contributed by atoms with Crippen LogP contribution in [-0.4, -0.2) is 20.9 Å². The Balaban J connectivity index is 1.91. The van der Waals surface area contributed by atoms with Crippen molar-refractivity contribution in [2.45, 2.75) is 32.1 Å². The van der Waals surface area contributed by atoms with Gasteiger partial charge in [0, 0.05) is 17.6 Å². The van der Waals surface area contributed by atoms with Gasteiger partial charge in [0.05, 0.1) is 10.6 Å². The van der Waals surface area contributed by atoms with Crippen molar-refractivity contribution in [3.8, 4) is 0 Å². The largest absolute Gasteiger partial charge is 0.311 e. The second-order valence-corrected chi connectivity index (χ2v) is 9.05. The third-order valence-corrected chi connectivity index (χ3v) is 5.61. The lowest BCUT2D eigenvalue weighted by Crippen LogP contribution is -2.38. The van der Waals surface area contributed by atoms with Crippen LogP contribution in [-0.2, 0) is 21.2 Å². The molecule has 0 radical (unpaired) electrons. The number of halogens is 1. The summed E-state index contributed by atoms with van der Waals surface area (Å²) in [5.41, 5.74) is 1.51. The molecule has 0 atom stereocenters. The summed E-state index contributed by atoms with van der Waals surface area (Å²) in [5.74, 6) is -0.634. The second-order valence-electron chi connectivity index (χ2n) is 7.36. The zero-order valence-corrected chi connectivity index (χ0v) is 15.7. The molecular weight excluding hydrogens is 355 g/mol. The number of benzene rings is 2. The first kappa shape index (κ1) is 18.4.